The summed E-state index contributed by atoms with van der Waals surface area (Å²) >= 11 is 0. The molecule has 0 bridgehead atoms. The molecule has 0 radical (unpaired) electrons. The number of nitrogens with zero attached hydrogens (tertiary/aromatic N) is 6. The minimum atomic E-state index is -1.26. The number of carbonyl (C=O) groups is 2. The van der Waals surface area contributed by atoms with Crippen LogP contribution in [0.5, 0.6) is 5.75 Å². The molecule has 2 amide bonds. The number of aromatic nitrogens is 5. The highest BCUT2D eigenvalue weighted by molar-refractivity contribution is 5.90. The number of hydrogen-bond donors (Lipinski definition) is 3. The third-order valence-electron chi connectivity index (χ3n) is 8.80. The van der Waals surface area contributed by atoms with Crippen molar-refractivity contribution in [2.45, 2.75) is 76.5 Å². The summed E-state index contributed by atoms with van der Waals surface area (Å²) in [6, 6.07) is 12.7. The number of urea groups is 1. The summed E-state index contributed by atoms with van der Waals surface area (Å²) in [5.41, 5.74) is 2.65. The van der Waals surface area contributed by atoms with Crippen LogP contribution in [0.2, 0.25) is 0 Å². The molecular weight excluding hydrogens is 560 g/mol. The Morgan fingerprint density at radius 3 is 2.55 bits per heavy atom. The number of nitrogens with one attached hydrogen (secondary N) is 2. The van der Waals surface area contributed by atoms with Crippen molar-refractivity contribution in [2.75, 3.05) is 18.9 Å². The second kappa shape index (κ2) is 11.2. The molecule has 1 saturated heterocycles. The number of carboxylic acid groups (broad SMARTS) is 1. The molecule has 4 aromatic rings. The molecule has 1 aromatic carbocycles. The van der Waals surface area contributed by atoms with E-state index in [1.54, 1.807) is 6.07 Å². The minimum Gasteiger partial charge on any atom is -0.484 e. The zero-order valence-electron chi connectivity index (χ0n) is 25.7. The predicted octanol–water partition coefficient (Wildman–Crippen LogP) is 5.23. The molecule has 2 aliphatic rings. The van der Waals surface area contributed by atoms with Crippen LogP contribution >= 0.6 is 0 Å². The molecular formula is C32H38N8O4. The number of amides is 2. The lowest BCUT2D eigenvalue weighted by Gasteiger charge is -2.32. The number of ether oxygens (including phenoxy) is 1. The first-order valence-corrected chi connectivity index (χ1v) is 14.9. The van der Waals surface area contributed by atoms with Crippen LogP contribution < -0.4 is 15.4 Å². The van der Waals surface area contributed by atoms with E-state index in [9.17, 15) is 14.7 Å². The molecule has 230 valence electrons. The fraction of sp³-hybridized carbons (Fsp3) is 0.438. The fourth-order valence-electron chi connectivity index (χ4n) is 6.18. The van der Waals surface area contributed by atoms with E-state index < -0.39 is 17.4 Å². The van der Waals surface area contributed by atoms with Gasteiger partial charge in [0.05, 0.1) is 23.5 Å². The topological polar surface area (TPSA) is 147 Å². The van der Waals surface area contributed by atoms with Crippen molar-refractivity contribution < 1.29 is 19.4 Å². The van der Waals surface area contributed by atoms with E-state index in [1.165, 1.54) is 0 Å². The van der Waals surface area contributed by atoms with Gasteiger partial charge in [0, 0.05) is 11.5 Å². The SMILES string of the molecule is CN1CCC[C@@]1(C)c1nnc2ccc(O[C@@H]3CC[C@H](NC(=O)Nc4cc(C(C)(C)C)nc(C(=O)O)n4)c4ccccc43)cn12. The van der Waals surface area contributed by atoms with Gasteiger partial charge < -0.3 is 15.2 Å². The number of rotatable bonds is 6. The minimum absolute atomic E-state index is 0.131. The summed E-state index contributed by atoms with van der Waals surface area (Å²) < 4.78 is 8.61. The molecule has 44 heavy (non-hydrogen) atoms. The van der Waals surface area contributed by atoms with Gasteiger partial charge in [-0.05, 0) is 69.5 Å². The van der Waals surface area contributed by atoms with Crippen LogP contribution in [-0.2, 0) is 11.0 Å². The van der Waals surface area contributed by atoms with E-state index in [4.69, 9.17) is 4.74 Å². The molecule has 6 rings (SSSR count). The van der Waals surface area contributed by atoms with Crippen LogP contribution in [-0.4, -0.2) is 60.2 Å². The van der Waals surface area contributed by atoms with Crippen LogP contribution in [0.15, 0.2) is 48.7 Å². The zero-order valence-corrected chi connectivity index (χ0v) is 25.7. The van der Waals surface area contributed by atoms with Crippen LogP contribution in [0.1, 0.15) is 98.8 Å². The lowest BCUT2D eigenvalue weighted by Crippen LogP contribution is -2.37. The molecule has 1 aliphatic heterocycles. The molecule has 0 spiro atoms. The van der Waals surface area contributed by atoms with Crippen molar-refractivity contribution in [2.24, 2.45) is 0 Å². The number of benzene rings is 1. The highest BCUT2D eigenvalue weighted by Crippen LogP contribution is 2.40. The van der Waals surface area contributed by atoms with Gasteiger partial charge in [-0.3, -0.25) is 14.6 Å². The number of fused-ring (bicyclic) bond motifs is 2. The monoisotopic (exact) mass is 598 g/mol. The number of aromatic carboxylic acids is 1. The van der Waals surface area contributed by atoms with Gasteiger partial charge in [-0.2, -0.15) is 0 Å². The van der Waals surface area contributed by atoms with Crippen molar-refractivity contribution >= 4 is 23.5 Å². The Morgan fingerprint density at radius 1 is 1.07 bits per heavy atom. The van der Waals surface area contributed by atoms with Crippen LogP contribution in [0, 0.1) is 0 Å². The number of anilines is 1. The van der Waals surface area contributed by atoms with Gasteiger partial charge >= 0.3 is 12.0 Å². The van der Waals surface area contributed by atoms with Crippen molar-refractivity contribution in [3.05, 3.63) is 77.1 Å². The zero-order chi connectivity index (χ0) is 31.2. The molecule has 12 nitrogen and oxygen atoms in total. The van der Waals surface area contributed by atoms with Crippen LogP contribution in [0.3, 0.4) is 0 Å². The van der Waals surface area contributed by atoms with Gasteiger partial charge in [0.2, 0.25) is 5.82 Å². The summed E-state index contributed by atoms with van der Waals surface area (Å²) in [5, 5.41) is 24.2. The highest BCUT2D eigenvalue weighted by atomic mass is 16.5. The van der Waals surface area contributed by atoms with E-state index in [2.05, 4.69) is 49.7 Å². The standard InChI is InChI=1S/C32H38N8O4/c1-31(2,3)24-17-25(35-27(34-24)28(41)42)36-30(43)33-22-12-13-23(21-10-7-6-9-20(21)22)44-19-11-14-26-37-38-29(40(26)18-19)32(4)15-8-16-39(32)5/h6-7,9-11,14,17-18,22-23H,8,12-13,15-16H2,1-5H3,(H,41,42)(H2,33,34,35,36,43)/t22-,23+,32-/m0/s1. The van der Waals surface area contributed by atoms with Gasteiger partial charge in [0.25, 0.3) is 0 Å². The number of pyridine rings is 1. The Kier molecular flexibility index (Phi) is 7.48. The largest absolute Gasteiger partial charge is 0.484 e. The summed E-state index contributed by atoms with van der Waals surface area (Å²) in [7, 11) is 2.13. The Hall–Kier alpha value is -4.58. The maximum atomic E-state index is 13.1. The van der Waals surface area contributed by atoms with E-state index in [0.717, 1.165) is 47.7 Å². The average Bonchev–Trinajstić information content (AvgIpc) is 3.56. The summed E-state index contributed by atoms with van der Waals surface area (Å²) in [4.78, 5) is 35.2. The Morgan fingerprint density at radius 2 is 1.84 bits per heavy atom. The maximum absolute atomic E-state index is 13.1. The molecule has 3 N–H and O–H groups in total. The first-order chi connectivity index (χ1) is 20.9. The van der Waals surface area contributed by atoms with Crippen LogP contribution in [0.4, 0.5) is 10.6 Å². The third kappa shape index (κ3) is 5.57. The lowest BCUT2D eigenvalue weighted by molar-refractivity contribution is 0.0683. The number of carbonyl (C=O) groups excluding carboxylic acids is 1. The highest BCUT2D eigenvalue weighted by Gasteiger charge is 2.40. The number of hydrogen-bond acceptors (Lipinski definition) is 8. The van der Waals surface area contributed by atoms with Crippen molar-refractivity contribution in [1.29, 1.82) is 0 Å². The summed E-state index contributed by atoms with van der Waals surface area (Å²) in [6.45, 7) is 8.98. The molecule has 0 saturated carbocycles. The first-order valence-electron chi connectivity index (χ1n) is 14.9. The Labute approximate surface area is 255 Å². The van der Waals surface area contributed by atoms with Gasteiger partial charge in [0.1, 0.15) is 17.7 Å². The fourth-order valence-corrected chi connectivity index (χ4v) is 6.18. The second-order valence-corrected chi connectivity index (χ2v) is 12.9. The second-order valence-electron chi connectivity index (χ2n) is 12.9. The maximum Gasteiger partial charge on any atom is 0.374 e. The van der Waals surface area contributed by atoms with E-state index in [-0.39, 0.29) is 29.3 Å². The lowest BCUT2D eigenvalue weighted by atomic mass is 9.85. The Bertz CT molecular complexity index is 1730. The average molecular weight is 599 g/mol. The van der Waals surface area contributed by atoms with Crippen molar-refractivity contribution in [1.82, 2.24) is 34.8 Å². The normalized spacial score (nSPS) is 22.0. The molecule has 0 unspecified atom stereocenters. The van der Waals surface area contributed by atoms with E-state index >= 15 is 0 Å². The van der Waals surface area contributed by atoms with Crippen LogP contribution in [0.25, 0.3) is 5.65 Å². The molecule has 4 heterocycles. The molecule has 3 atom stereocenters. The van der Waals surface area contributed by atoms with Crippen molar-refractivity contribution in [3.63, 3.8) is 0 Å². The Balaban J connectivity index is 1.20. The van der Waals surface area contributed by atoms with E-state index in [0.29, 0.717) is 18.5 Å². The molecule has 12 heteroatoms. The van der Waals surface area contributed by atoms with Gasteiger partial charge in [-0.15, -0.1) is 10.2 Å². The smallest absolute Gasteiger partial charge is 0.374 e. The molecule has 1 fully saturated rings. The van der Waals surface area contributed by atoms with Gasteiger partial charge in [-0.1, -0.05) is 45.0 Å². The molecule has 1 aliphatic carbocycles. The first kappa shape index (κ1) is 29.5. The number of likely N-dealkylation sites (tertiary alicyclic amines) is 1. The quantitative estimate of drug-likeness (QED) is 0.271. The predicted molar refractivity (Wildman–Crippen MR) is 164 cm³/mol. The third-order valence-corrected chi connectivity index (χ3v) is 8.80. The van der Waals surface area contributed by atoms with Gasteiger partial charge in [-0.25, -0.2) is 19.6 Å². The summed E-state index contributed by atoms with van der Waals surface area (Å²) in [6.07, 6.45) is 5.23. The molecule has 3 aromatic heterocycles. The van der Waals surface area contributed by atoms with E-state index in [1.807, 2.05) is 67.8 Å². The van der Waals surface area contributed by atoms with Gasteiger partial charge in [0.15, 0.2) is 11.5 Å². The summed E-state index contributed by atoms with van der Waals surface area (Å²) in [5.74, 6) is 0.139. The number of carboxylic acids is 1. The van der Waals surface area contributed by atoms with Crippen molar-refractivity contribution in [3.8, 4) is 5.75 Å².